The van der Waals surface area contributed by atoms with Crippen LogP contribution in [0.15, 0.2) is 30.3 Å². The number of aromatic nitrogens is 2. The molecule has 3 aromatic rings. The second kappa shape index (κ2) is 9.37. The summed E-state index contributed by atoms with van der Waals surface area (Å²) in [6.45, 7) is 9.86. The Morgan fingerprint density at radius 3 is 2.69 bits per heavy atom. The van der Waals surface area contributed by atoms with Crippen molar-refractivity contribution in [3.63, 3.8) is 0 Å². The predicted molar refractivity (Wildman–Crippen MR) is 116 cm³/mol. The number of benzene rings is 2. The van der Waals surface area contributed by atoms with Crippen molar-refractivity contribution in [3.05, 3.63) is 52.3 Å². The molecule has 1 heterocycles. The molecule has 7 heteroatoms. The Kier molecular flexibility index (Phi) is 6.87. The van der Waals surface area contributed by atoms with E-state index in [0.717, 1.165) is 37.2 Å². The van der Waals surface area contributed by atoms with Crippen molar-refractivity contribution in [2.24, 2.45) is 0 Å². The van der Waals surface area contributed by atoms with Crippen molar-refractivity contribution in [1.29, 1.82) is 0 Å². The highest BCUT2D eigenvalue weighted by Gasteiger charge is 2.13. The average Bonchev–Trinajstić information content (AvgIpc) is 3.10. The van der Waals surface area contributed by atoms with Gasteiger partial charge in [0.05, 0.1) is 16.1 Å². The maximum atomic E-state index is 13.7. The number of H-pyrrole nitrogens is 1. The Balaban J connectivity index is 1.69. The zero-order chi connectivity index (χ0) is 21.0. The molecule has 0 bridgehead atoms. The molecule has 0 saturated carbocycles. The molecule has 29 heavy (non-hydrogen) atoms. The molecule has 5 nitrogen and oxygen atoms in total. The molecule has 0 aliphatic rings. The summed E-state index contributed by atoms with van der Waals surface area (Å²) in [7, 11) is 0. The van der Waals surface area contributed by atoms with Crippen LogP contribution in [0.5, 0.6) is 0 Å². The maximum Gasteiger partial charge on any atom is 0.251 e. The van der Waals surface area contributed by atoms with E-state index in [1.165, 1.54) is 12.1 Å². The van der Waals surface area contributed by atoms with Gasteiger partial charge in [-0.05, 0) is 56.7 Å². The fourth-order valence-electron chi connectivity index (χ4n) is 3.35. The summed E-state index contributed by atoms with van der Waals surface area (Å²) < 4.78 is 13.7. The van der Waals surface area contributed by atoms with Crippen LogP contribution < -0.4 is 5.32 Å². The Labute approximate surface area is 175 Å². The standard InChI is InChI=1S/C22H26ClFN4O/c1-4-28(5-2)10-6-9-25-22(29)15-7-8-16(14(3)11-15)21-26-19-12-17(23)18(24)13-20(19)27-21/h7-8,11-13H,4-6,9-10H2,1-3H3,(H,25,29)(H,26,27). The molecular formula is C22H26ClFN4O. The first-order chi connectivity index (χ1) is 13.9. The number of nitrogens with one attached hydrogen (secondary N) is 2. The van der Waals surface area contributed by atoms with Crippen LogP contribution in [0.3, 0.4) is 0 Å². The number of rotatable bonds is 8. The van der Waals surface area contributed by atoms with Gasteiger partial charge in [-0.2, -0.15) is 0 Å². The van der Waals surface area contributed by atoms with Gasteiger partial charge < -0.3 is 15.2 Å². The third-order valence-electron chi connectivity index (χ3n) is 5.10. The summed E-state index contributed by atoms with van der Waals surface area (Å²) in [5, 5.41) is 3.02. The van der Waals surface area contributed by atoms with Crippen molar-refractivity contribution in [3.8, 4) is 11.4 Å². The lowest BCUT2D eigenvalue weighted by atomic mass is 10.0. The maximum absolute atomic E-state index is 13.7. The smallest absolute Gasteiger partial charge is 0.251 e. The van der Waals surface area contributed by atoms with Gasteiger partial charge in [0.2, 0.25) is 0 Å². The highest BCUT2D eigenvalue weighted by molar-refractivity contribution is 6.31. The first-order valence-corrected chi connectivity index (χ1v) is 10.3. The topological polar surface area (TPSA) is 61.0 Å². The van der Waals surface area contributed by atoms with Gasteiger partial charge >= 0.3 is 0 Å². The first kappa shape index (κ1) is 21.3. The van der Waals surface area contributed by atoms with Gasteiger partial charge in [-0.25, -0.2) is 9.37 Å². The van der Waals surface area contributed by atoms with Gasteiger partial charge in [-0.3, -0.25) is 4.79 Å². The molecule has 0 fully saturated rings. The number of hydrogen-bond donors (Lipinski definition) is 2. The van der Waals surface area contributed by atoms with Gasteiger partial charge in [-0.15, -0.1) is 0 Å². The van der Waals surface area contributed by atoms with Crippen molar-refractivity contribution in [2.75, 3.05) is 26.2 Å². The number of nitrogens with zero attached hydrogens (tertiary/aromatic N) is 2. The van der Waals surface area contributed by atoms with Gasteiger partial charge in [-0.1, -0.05) is 31.5 Å². The monoisotopic (exact) mass is 416 g/mol. The third kappa shape index (κ3) is 4.95. The lowest BCUT2D eigenvalue weighted by molar-refractivity contribution is 0.0951. The summed E-state index contributed by atoms with van der Waals surface area (Å²) in [4.78, 5) is 22.4. The van der Waals surface area contributed by atoms with E-state index in [0.29, 0.717) is 29.0 Å². The Hall–Kier alpha value is -2.44. The molecule has 0 aliphatic carbocycles. The van der Waals surface area contributed by atoms with Crippen LogP contribution in [0.2, 0.25) is 5.02 Å². The molecule has 0 atom stereocenters. The summed E-state index contributed by atoms with van der Waals surface area (Å²) in [6.07, 6.45) is 0.919. The number of carbonyl (C=O) groups excluding carboxylic acids is 1. The van der Waals surface area contributed by atoms with E-state index in [-0.39, 0.29) is 10.9 Å². The minimum atomic E-state index is -0.487. The van der Waals surface area contributed by atoms with Crippen molar-refractivity contribution < 1.29 is 9.18 Å². The molecule has 0 spiro atoms. The van der Waals surface area contributed by atoms with E-state index in [1.807, 2.05) is 19.1 Å². The van der Waals surface area contributed by atoms with Crippen LogP contribution >= 0.6 is 11.6 Å². The number of hydrogen-bond acceptors (Lipinski definition) is 3. The molecule has 154 valence electrons. The fourth-order valence-corrected chi connectivity index (χ4v) is 3.51. The molecule has 0 aliphatic heterocycles. The third-order valence-corrected chi connectivity index (χ3v) is 5.39. The molecular weight excluding hydrogens is 391 g/mol. The summed E-state index contributed by atoms with van der Waals surface area (Å²) >= 11 is 5.84. The van der Waals surface area contributed by atoms with Gasteiger partial charge in [0.1, 0.15) is 11.6 Å². The Morgan fingerprint density at radius 2 is 2.00 bits per heavy atom. The predicted octanol–water partition coefficient (Wildman–Crippen LogP) is 4.79. The van der Waals surface area contributed by atoms with Gasteiger partial charge in [0, 0.05) is 23.7 Å². The molecule has 3 rings (SSSR count). The molecule has 0 unspecified atom stereocenters. The van der Waals surface area contributed by atoms with Crippen LogP contribution in [0.1, 0.15) is 36.2 Å². The van der Waals surface area contributed by atoms with Gasteiger partial charge in [0.15, 0.2) is 0 Å². The number of imidazole rings is 1. The molecule has 2 aromatic carbocycles. The molecule has 0 saturated heterocycles. The Morgan fingerprint density at radius 1 is 1.24 bits per heavy atom. The molecule has 2 N–H and O–H groups in total. The lowest BCUT2D eigenvalue weighted by Crippen LogP contribution is -2.29. The van der Waals surface area contributed by atoms with Crippen molar-refractivity contribution in [1.82, 2.24) is 20.2 Å². The van der Waals surface area contributed by atoms with Crippen molar-refractivity contribution in [2.45, 2.75) is 27.2 Å². The average molecular weight is 417 g/mol. The van der Waals surface area contributed by atoms with E-state index in [1.54, 1.807) is 6.07 Å². The number of aromatic amines is 1. The minimum Gasteiger partial charge on any atom is -0.352 e. The van der Waals surface area contributed by atoms with E-state index in [9.17, 15) is 9.18 Å². The van der Waals surface area contributed by atoms with Crippen LogP contribution in [0.4, 0.5) is 4.39 Å². The second-order valence-electron chi connectivity index (χ2n) is 7.03. The highest BCUT2D eigenvalue weighted by atomic mass is 35.5. The zero-order valence-electron chi connectivity index (χ0n) is 17.0. The molecule has 0 radical (unpaired) electrons. The van der Waals surface area contributed by atoms with E-state index >= 15 is 0 Å². The highest BCUT2D eigenvalue weighted by Crippen LogP contribution is 2.27. The number of carbonyl (C=O) groups is 1. The van der Waals surface area contributed by atoms with Gasteiger partial charge in [0.25, 0.3) is 5.91 Å². The summed E-state index contributed by atoms with van der Waals surface area (Å²) in [5.74, 6) is 0.0436. The first-order valence-electron chi connectivity index (χ1n) is 9.89. The van der Waals surface area contributed by atoms with Crippen LogP contribution in [0.25, 0.3) is 22.4 Å². The number of fused-ring (bicyclic) bond motifs is 1. The normalized spacial score (nSPS) is 11.4. The number of aryl methyl sites for hydroxylation is 1. The number of amides is 1. The minimum absolute atomic E-state index is 0.0419. The second-order valence-corrected chi connectivity index (χ2v) is 7.44. The van der Waals surface area contributed by atoms with E-state index in [4.69, 9.17) is 11.6 Å². The van der Waals surface area contributed by atoms with E-state index < -0.39 is 5.82 Å². The zero-order valence-corrected chi connectivity index (χ0v) is 17.7. The summed E-state index contributed by atoms with van der Waals surface area (Å²) in [6, 6.07) is 8.32. The van der Waals surface area contributed by atoms with Crippen LogP contribution in [0, 0.1) is 12.7 Å². The van der Waals surface area contributed by atoms with Crippen molar-refractivity contribution >= 4 is 28.5 Å². The fraction of sp³-hybridized carbons (Fsp3) is 0.364. The van der Waals surface area contributed by atoms with Crippen LogP contribution in [-0.4, -0.2) is 47.0 Å². The molecule has 1 aromatic heterocycles. The Bertz CT molecular complexity index is 974. The molecule has 1 amide bonds. The quantitative estimate of drug-likeness (QED) is 0.519. The SMILES string of the molecule is CCN(CC)CCCNC(=O)c1ccc(-c2nc3cc(Cl)c(F)cc3[nH]2)c(C)c1. The lowest BCUT2D eigenvalue weighted by Gasteiger charge is -2.17. The van der Waals surface area contributed by atoms with E-state index in [2.05, 4.69) is 34.0 Å². The summed E-state index contributed by atoms with van der Waals surface area (Å²) in [5.41, 5.74) is 3.55. The largest absolute Gasteiger partial charge is 0.352 e. The number of halogens is 2. The van der Waals surface area contributed by atoms with Crippen LogP contribution in [-0.2, 0) is 0 Å².